The monoisotopic (exact) mass is 525 g/mol. The van der Waals surface area contributed by atoms with Gasteiger partial charge in [0.25, 0.3) is 11.8 Å². The third kappa shape index (κ3) is 3.84. The second-order valence-electron chi connectivity index (χ2n) is 8.82. The van der Waals surface area contributed by atoms with E-state index in [1.54, 1.807) is 47.9 Å². The Morgan fingerprint density at radius 1 is 1.08 bits per heavy atom. The number of phenolic OH excluding ortho intramolecular Hbond substituents is 1. The van der Waals surface area contributed by atoms with E-state index in [0.717, 1.165) is 15.9 Å². The van der Waals surface area contributed by atoms with Crippen molar-refractivity contribution in [3.63, 3.8) is 0 Å². The highest BCUT2D eigenvalue weighted by Gasteiger charge is 2.33. The number of halogens is 1. The van der Waals surface area contributed by atoms with Gasteiger partial charge in [0.15, 0.2) is 17.1 Å². The minimum absolute atomic E-state index is 0.0141. The smallest absolute Gasteiger partial charge is 0.283 e. The van der Waals surface area contributed by atoms with Gasteiger partial charge in [0, 0.05) is 10.4 Å². The number of imide groups is 1. The number of amides is 2. The summed E-state index contributed by atoms with van der Waals surface area (Å²) in [7, 11) is 1.44. The summed E-state index contributed by atoms with van der Waals surface area (Å²) in [6, 6.07) is 17.5. The SMILES string of the molecule is COc1cc(C=C2C(=O)N(C(=O)Cn3c4ccccc4c4nc5cc(Cl)ccc5nc43)N=C2C)ccc1O. The topological polar surface area (TPSA) is 110 Å². The van der Waals surface area contributed by atoms with Crippen LogP contribution in [0.25, 0.3) is 39.2 Å². The average molecular weight is 526 g/mol. The van der Waals surface area contributed by atoms with Crippen LogP contribution in [0.4, 0.5) is 0 Å². The van der Waals surface area contributed by atoms with Gasteiger partial charge in [0.05, 0.1) is 34.9 Å². The summed E-state index contributed by atoms with van der Waals surface area (Å²) in [6.07, 6.45) is 1.61. The van der Waals surface area contributed by atoms with Crippen LogP contribution in [0.5, 0.6) is 11.5 Å². The Labute approximate surface area is 221 Å². The van der Waals surface area contributed by atoms with Gasteiger partial charge in [-0.1, -0.05) is 35.9 Å². The molecule has 38 heavy (non-hydrogen) atoms. The van der Waals surface area contributed by atoms with Crippen LogP contribution in [0.2, 0.25) is 5.02 Å². The standard InChI is InChI=1S/C28H20ClN5O4/c1-15-19(11-16-7-10-23(35)24(12-16)38-2)28(37)34(32-15)25(36)14-33-22-6-4-3-5-18(22)26-27(33)31-20-9-8-17(29)13-21(20)30-26/h3-13,35H,14H2,1-2H3. The number of aromatic hydroxyl groups is 1. The molecule has 0 aliphatic carbocycles. The molecule has 2 amide bonds. The first kappa shape index (κ1) is 23.6. The van der Waals surface area contributed by atoms with E-state index in [1.807, 2.05) is 24.3 Å². The van der Waals surface area contributed by atoms with Gasteiger partial charge >= 0.3 is 0 Å². The minimum Gasteiger partial charge on any atom is -0.504 e. The number of aromatic nitrogens is 3. The normalized spacial score (nSPS) is 14.7. The highest BCUT2D eigenvalue weighted by molar-refractivity contribution is 6.31. The number of carbonyl (C=O) groups is 2. The minimum atomic E-state index is -0.536. The van der Waals surface area contributed by atoms with E-state index >= 15 is 0 Å². The molecule has 5 aromatic rings. The Kier molecular flexibility index (Phi) is 5.57. The van der Waals surface area contributed by atoms with Crippen LogP contribution >= 0.6 is 11.6 Å². The summed E-state index contributed by atoms with van der Waals surface area (Å²) in [5.41, 5.74) is 4.50. The summed E-state index contributed by atoms with van der Waals surface area (Å²) in [4.78, 5) is 36.2. The second-order valence-corrected chi connectivity index (χ2v) is 9.25. The van der Waals surface area contributed by atoms with Crippen molar-refractivity contribution in [1.82, 2.24) is 19.5 Å². The van der Waals surface area contributed by atoms with E-state index < -0.39 is 11.8 Å². The van der Waals surface area contributed by atoms with E-state index in [1.165, 1.54) is 13.2 Å². The molecule has 10 heteroatoms. The molecule has 0 saturated carbocycles. The van der Waals surface area contributed by atoms with Crippen LogP contribution in [0.1, 0.15) is 12.5 Å². The van der Waals surface area contributed by atoms with E-state index in [9.17, 15) is 14.7 Å². The van der Waals surface area contributed by atoms with Gasteiger partial charge in [-0.15, -0.1) is 0 Å². The van der Waals surface area contributed by atoms with Crippen LogP contribution in [0, 0.1) is 0 Å². The fourth-order valence-electron chi connectivity index (χ4n) is 4.58. The average Bonchev–Trinajstić information content (AvgIpc) is 3.37. The first-order valence-corrected chi connectivity index (χ1v) is 12.1. The van der Waals surface area contributed by atoms with Crippen molar-refractivity contribution in [3.8, 4) is 11.5 Å². The molecule has 1 N–H and O–H groups in total. The van der Waals surface area contributed by atoms with Gasteiger partial charge in [-0.3, -0.25) is 9.59 Å². The molecule has 2 aromatic heterocycles. The first-order valence-electron chi connectivity index (χ1n) is 11.7. The van der Waals surface area contributed by atoms with Crippen molar-refractivity contribution in [2.24, 2.45) is 5.10 Å². The number of rotatable bonds is 4. The maximum Gasteiger partial charge on any atom is 0.283 e. The first-order chi connectivity index (χ1) is 18.3. The van der Waals surface area contributed by atoms with Crippen LogP contribution in [-0.2, 0) is 16.1 Å². The summed E-state index contributed by atoms with van der Waals surface area (Å²) >= 11 is 6.16. The number of hydrogen-bond donors (Lipinski definition) is 1. The van der Waals surface area contributed by atoms with Gasteiger partial charge in [0.1, 0.15) is 12.1 Å². The Bertz CT molecular complexity index is 1870. The predicted octanol–water partition coefficient (Wildman–Crippen LogP) is 4.93. The number of methoxy groups -OCH3 is 1. The van der Waals surface area contributed by atoms with E-state index in [-0.39, 0.29) is 23.6 Å². The molecule has 1 aliphatic rings. The quantitative estimate of drug-likeness (QED) is 0.333. The third-order valence-electron chi connectivity index (χ3n) is 6.42. The molecule has 1 aliphatic heterocycles. The summed E-state index contributed by atoms with van der Waals surface area (Å²) in [5.74, 6) is -0.789. The molecule has 3 aromatic carbocycles. The Balaban J connectivity index is 1.37. The lowest BCUT2D eigenvalue weighted by Crippen LogP contribution is -2.32. The maximum atomic E-state index is 13.4. The van der Waals surface area contributed by atoms with Crippen molar-refractivity contribution in [3.05, 3.63) is 76.8 Å². The molecular weight excluding hydrogens is 506 g/mol. The van der Waals surface area contributed by atoms with Gasteiger partial charge in [0.2, 0.25) is 0 Å². The highest BCUT2D eigenvalue weighted by Crippen LogP contribution is 2.31. The van der Waals surface area contributed by atoms with Gasteiger partial charge in [-0.2, -0.15) is 10.1 Å². The van der Waals surface area contributed by atoms with Crippen LogP contribution < -0.4 is 4.74 Å². The number of benzene rings is 3. The number of carbonyl (C=O) groups excluding carboxylic acids is 2. The second kappa shape index (κ2) is 8.97. The lowest BCUT2D eigenvalue weighted by atomic mass is 10.1. The van der Waals surface area contributed by atoms with Crippen LogP contribution in [-0.4, -0.2) is 49.3 Å². The fraction of sp³-hybridized carbons (Fsp3) is 0.107. The summed E-state index contributed by atoms with van der Waals surface area (Å²) < 4.78 is 6.89. The lowest BCUT2D eigenvalue weighted by molar-refractivity contribution is -0.141. The maximum absolute atomic E-state index is 13.4. The van der Waals surface area contributed by atoms with Crippen molar-refractivity contribution >= 4 is 68.3 Å². The predicted molar refractivity (Wildman–Crippen MR) is 145 cm³/mol. The Morgan fingerprint density at radius 3 is 2.71 bits per heavy atom. The zero-order valence-corrected chi connectivity index (χ0v) is 21.1. The molecule has 0 radical (unpaired) electrons. The number of hydrazone groups is 1. The number of hydrogen-bond acceptors (Lipinski definition) is 7. The van der Waals surface area contributed by atoms with Crippen LogP contribution in [0.3, 0.4) is 0 Å². The number of para-hydroxylation sites is 1. The van der Waals surface area contributed by atoms with Crippen molar-refractivity contribution in [2.45, 2.75) is 13.5 Å². The number of phenols is 1. The van der Waals surface area contributed by atoms with E-state index in [2.05, 4.69) is 5.10 Å². The molecule has 0 unspecified atom stereocenters. The molecule has 9 nitrogen and oxygen atoms in total. The van der Waals surface area contributed by atoms with Crippen molar-refractivity contribution < 1.29 is 19.4 Å². The Morgan fingerprint density at radius 2 is 1.89 bits per heavy atom. The lowest BCUT2D eigenvalue weighted by Gasteiger charge is -2.12. The zero-order valence-electron chi connectivity index (χ0n) is 20.3. The number of nitrogens with zero attached hydrogens (tertiary/aromatic N) is 5. The van der Waals surface area contributed by atoms with Crippen molar-refractivity contribution in [1.29, 1.82) is 0 Å². The fourth-order valence-corrected chi connectivity index (χ4v) is 4.74. The molecule has 0 spiro atoms. The van der Waals surface area contributed by atoms with Crippen LogP contribution in [0.15, 0.2) is 71.3 Å². The third-order valence-corrected chi connectivity index (χ3v) is 6.66. The van der Waals surface area contributed by atoms with E-state index in [4.69, 9.17) is 26.3 Å². The molecule has 6 rings (SSSR count). The number of fused-ring (bicyclic) bond motifs is 4. The molecular formula is C28H20ClN5O4. The largest absolute Gasteiger partial charge is 0.504 e. The Hall–Kier alpha value is -4.76. The molecule has 188 valence electrons. The van der Waals surface area contributed by atoms with Gasteiger partial charge in [-0.05, 0) is 55.0 Å². The molecule has 0 atom stereocenters. The summed E-state index contributed by atoms with van der Waals surface area (Å²) in [5, 5.41) is 16.4. The molecule has 0 fully saturated rings. The molecule has 0 bridgehead atoms. The van der Waals surface area contributed by atoms with Gasteiger partial charge < -0.3 is 14.4 Å². The summed E-state index contributed by atoms with van der Waals surface area (Å²) in [6.45, 7) is 1.50. The molecule has 0 saturated heterocycles. The highest BCUT2D eigenvalue weighted by atomic mass is 35.5. The zero-order chi connectivity index (χ0) is 26.6. The number of ether oxygens (including phenoxy) is 1. The molecule has 3 heterocycles. The van der Waals surface area contributed by atoms with Crippen molar-refractivity contribution in [2.75, 3.05) is 7.11 Å². The van der Waals surface area contributed by atoms with Gasteiger partial charge in [-0.25, -0.2) is 9.97 Å². The van der Waals surface area contributed by atoms with E-state index in [0.29, 0.717) is 38.5 Å².